The van der Waals surface area contributed by atoms with Crippen molar-refractivity contribution in [3.05, 3.63) is 0 Å². The lowest BCUT2D eigenvalue weighted by Crippen LogP contribution is -2.47. The summed E-state index contributed by atoms with van der Waals surface area (Å²) in [6, 6.07) is -0.0476. The number of amides is 1. The maximum atomic E-state index is 11.7. The molecule has 0 aliphatic carbocycles. The summed E-state index contributed by atoms with van der Waals surface area (Å²) in [6.45, 7) is 9.75. The van der Waals surface area contributed by atoms with Crippen LogP contribution in [0, 0.1) is 5.92 Å². The number of ketones is 1. The van der Waals surface area contributed by atoms with Crippen molar-refractivity contribution in [2.45, 2.75) is 46.7 Å². The average molecular weight is 228 g/mol. The van der Waals surface area contributed by atoms with Gasteiger partial charge in [-0.15, -0.1) is 0 Å². The minimum absolute atomic E-state index is 0.00977. The maximum absolute atomic E-state index is 11.7. The predicted octanol–water partition coefficient (Wildman–Crippen LogP) is 1.06. The van der Waals surface area contributed by atoms with E-state index in [0.717, 1.165) is 0 Å². The van der Waals surface area contributed by atoms with Crippen molar-refractivity contribution in [3.8, 4) is 0 Å². The lowest BCUT2D eigenvalue weighted by molar-refractivity contribution is -0.128. The molecule has 94 valence electrons. The molecule has 0 rings (SSSR count). The zero-order valence-corrected chi connectivity index (χ0v) is 11.2. The molecule has 1 N–H and O–H groups in total. The Bertz CT molecular complexity index is 249. The van der Waals surface area contributed by atoms with E-state index in [0.29, 0.717) is 12.6 Å². The molecule has 0 spiro atoms. The molecule has 1 atom stereocenters. The Morgan fingerprint density at radius 2 is 1.69 bits per heavy atom. The Morgan fingerprint density at radius 3 is 2.00 bits per heavy atom. The Balaban J connectivity index is 4.26. The second kappa shape index (κ2) is 6.63. The van der Waals surface area contributed by atoms with Crippen LogP contribution < -0.4 is 5.32 Å². The molecule has 0 aliphatic heterocycles. The number of hydrogen-bond acceptors (Lipinski definition) is 3. The van der Waals surface area contributed by atoms with Gasteiger partial charge in [0, 0.05) is 6.04 Å². The van der Waals surface area contributed by atoms with Crippen LogP contribution in [0.3, 0.4) is 0 Å². The van der Waals surface area contributed by atoms with Crippen molar-refractivity contribution in [2.24, 2.45) is 5.92 Å². The van der Waals surface area contributed by atoms with Crippen LogP contribution in [-0.2, 0) is 9.59 Å². The normalized spacial score (nSPS) is 13.3. The summed E-state index contributed by atoms with van der Waals surface area (Å²) in [5.41, 5.74) is 0. The Hall–Kier alpha value is -0.900. The predicted molar refractivity (Wildman–Crippen MR) is 65.2 cm³/mol. The standard InChI is InChI=1S/C12H24N2O2/c1-8(2)12(10(5)15)13-11(16)7-14(6)9(3)4/h8-9,12H,7H2,1-6H3,(H,13,16). The topological polar surface area (TPSA) is 49.4 Å². The van der Waals surface area contributed by atoms with Crippen LogP contribution in [0.4, 0.5) is 0 Å². The van der Waals surface area contributed by atoms with Crippen molar-refractivity contribution in [1.82, 2.24) is 10.2 Å². The van der Waals surface area contributed by atoms with E-state index in [2.05, 4.69) is 5.32 Å². The quantitative estimate of drug-likeness (QED) is 0.739. The number of rotatable bonds is 6. The second-order valence-electron chi connectivity index (χ2n) is 4.91. The third-order valence-corrected chi connectivity index (χ3v) is 2.70. The van der Waals surface area contributed by atoms with Gasteiger partial charge >= 0.3 is 0 Å². The molecule has 4 heteroatoms. The molecule has 0 radical (unpaired) electrons. The molecule has 0 bridgehead atoms. The number of nitrogens with one attached hydrogen (secondary N) is 1. The molecule has 0 aromatic heterocycles. The fourth-order valence-electron chi connectivity index (χ4n) is 1.37. The molecule has 0 fully saturated rings. The van der Waals surface area contributed by atoms with E-state index in [-0.39, 0.29) is 23.7 Å². The third-order valence-electron chi connectivity index (χ3n) is 2.70. The van der Waals surface area contributed by atoms with E-state index in [4.69, 9.17) is 0 Å². The number of hydrogen-bond donors (Lipinski definition) is 1. The summed E-state index contributed by atoms with van der Waals surface area (Å²) in [6.07, 6.45) is 0. The summed E-state index contributed by atoms with van der Waals surface area (Å²) in [4.78, 5) is 24.9. The molecule has 0 aromatic carbocycles. The van der Waals surface area contributed by atoms with Crippen LogP contribution in [0.1, 0.15) is 34.6 Å². The van der Waals surface area contributed by atoms with Gasteiger partial charge in [0.2, 0.25) is 5.91 Å². The summed E-state index contributed by atoms with van der Waals surface area (Å²) in [7, 11) is 1.89. The Morgan fingerprint density at radius 1 is 1.19 bits per heavy atom. The minimum atomic E-state index is -0.368. The van der Waals surface area contributed by atoms with Gasteiger partial charge in [0.05, 0.1) is 12.6 Å². The second-order valence-corrected chi connectivity index (χ2v) is 4.91. The SMILES string of the molecule is CC(=O)C(NC(=O)CN(C)C(C)C)C(C)C. The molecular weight excluding hydrogens is 204 g/mol. The van der Waals surface area contributed by atoms with Gasteiger partial charge < -0.3 is 5.32 Å². The van der Waals surface area contributed by atoms with Crippen LogP contribution in [0.15, 0.2) is 0 Å². The third kappa shape index (κ3) is 5.26. The van der Waals surface area contributed by atoms with Gasteiger partial charge in [-0.3, -0.25) is 14.5 Å². The maximum Gasteiger partial charge on any atom is 0.234 e. The first-order chi connectivity index (χ1) is 7.25. The van der Waals surface area contributed by atoms with Crippen LogP contribution in [-0.4, -0.2) is 42.3 Å². The zero-order valence-electron chi connectivity index (χ0n) is 11.2. The highest BCUT2D eigenvalue weighted by molar-refractivity contribution is 5.88. The number of carbonyl (C=O) groups excluding carboxylic acids is 2. The summed E-state index contributed by atoms with van der Waals surface area (Å²) in [5, 5.41) is 2.77. The molecule has 4 nitrogen and oxygen atoms in total. The fourth-order valence-corrected chi connectivity index (χ4v) is 1.37. The van der Waals surface area contributed by atoms with Crippen molar-refractivity contribution in [3.63, 3.8) is 0 Å². The summed E-state index contributed by atoms with van der Waals surface area (Å²) in [5.74, 6) is 0.0476. The molecule has 16 heavy (non-hydrogen) atoms. The first-order valence-corrected chi connectivity index (χ1v) is 5.75. The lowest BCUT2D eigenvalue weighted by Gasteiger charge is -2.24. The highest BCUT2D eigenvalue weighted by Crippen LogP contribution is 2.03. The molecule has 0 saturated heterocycles. The molecule has 0 heterocycles. The molecule has 1 unspecified atom stereocenters. The van der Waals surface area contributed by atoms with Crippen molar-refractivity contribution < 1.29 is 9.59 Å². The Labute approximate surface area is 98.4 Å². The molecule has 0 aromatic rings. The van der Waals surface area contributed by atoms with Gasteiger partial charge in [-0.2, -0.15) is 0 Å². The van der Waals surface area contributed by atoms with Gasteiger partial charge in [0.1, 0.15) is 0 Å². The molecule has 0 aliphatic rings. The van der Waals surface area contributed by atoms with Crippen molar-refractivity contribution >= 4 is 11.7 Å². The van der Waals surface area contributed by atoms with E-state index >= 15 is 0 Å². The van der Waals surface area contributed by atoms with E-state index in [1.165, 1.54) is 6.92 Å². The monoisotopic (exact) mass is 228 g/mol. The first kappa shape index (κ1) is 15.1. The van der Waals surface area contributed by atoms with E-state index in [1.54, 1.807) is 0 Å². The molecule has 1 amide bonds. The van der Waals surface area contributed by atoms with E-state index in [1.807, 2.05) is 39.6 Å². The zero-order chi connectivity index (χ0) is 12.9. The molecule has 0 saturated carbocycles. The highest BCUT2D eigenvalue weighted by Gasteiger charge is 2.21. The van der Waals surface area contributed by atoms with Gasteiger partial charge in [-0.05, 0) is 33.7 Å². The number of Topliss-reactive ketones (excluding diaryl/α,β-unsaturated/α-hetero) is 1. The van der Waals surface area contributed by atoms with E-state index in [9.17, 15) is 9.59 Å². The average Bonchev–Trinajstić information content (AvgIpc) is 2.12. The highest BCUT2D eigenvalue weighted by atomic mass is 16.2. The van der Waals surface area contributed by atoms with Crippen LogP contribution in [0.5, 0.6) is 0 Å². The molecular formula is C12H24N2O2. The lowest BCUT2D eigenvalue weighted by atomic mass is 10.0. The number of likely N-dealkylation sites (N-methyl/N-ethyl adjacent to an activating group) is 1. The Kier molecular flexibility index (Phi) is 6.26. The first-order valence-electron chi connectivity index (χ1n) is 5.75. The van der Waals surface area contributed by atoms with Gasteiger partial charge in [0.25, 0.3) is 0 Å². The summed E-state index contributed by atoms with van der Waals surface area (Å²) < 4.78 is 0. The minimum Gasteiger partial charge on any atom is -0.345 e. The largest absolute Gasteiger partial charge is 0.345 e. The fraction of sp³-hybridized carbons (Fsp3) is 0.833. The van der Waals surface area contributed by atoms with Gasteiger partial charge in [0.15, 0.2) is 5.78 Å². The smallest absolute Gasteiger partial charge is 0.234 e. The van der Waals surface area contributed by atoms with Gasteiger partial charge in [-0.1, -0.05) is 13.8 Å². The van der Waals surface area contributed by atoms with Crippen LogP contribution in [0.25, 0.3) is 0 Å². The van der Waals surface area contributed by atoms with Crippen LogP contribution >= 0.6 is 0 Å². The summed E-state index contributed by atoms with van der Waals surface area (Å²) >= 11 is 0. The van der Waals surface area contributed by atoms with Crippen LogP contribution in [0.2, 0.25) is 0 Å². The van der Waals surface area contributed by atoms with Crippen molar-refractivity contribution in [1.29, 1.82) is 0 Å². The van der Waals surface area contributed by atoms with Gasteiger partial charge in [-0.25, -0.2) is 0 Å². The van der Waals surface area contributed by atoms with Crippen molar-refractivity contribution in [2.75, 3.05) is 13.6 Å². The number of nitrogens with zero attached hydrogens (tertiary/aromatic N) is 1. The number of carbonyl (C=O) groups is 2. The van der Waals surface area contributed by atoms with E-state index < -0.39 is 0 Å².